The molecule has 1 N–H and O–H groups in total. The van der Waals surface area contributed by atoms with Gasteiger partial charge in [0.1, 0.15) is 5.82 Å². The van der Waals surface area contributed by atoms with Crippen molar-refractivity contribution in [1.82, 2.24) is 9.88 Å². The number of hydrogen-bond donors (Lipinski definition) is 1. The second kappa shape index (κ2) is 7.14. The zero-order chi connectivity index (χ0) is 17.0. The predicted molar refractivity (Wildman–Crippen MR) is 76.1 cm³/mol. The van der Waals surface area contributed by atoms with Gasteiger partial charge in [-0.2, -0.15) is 13.2 Å². The molecule has 9 heteroatoms. The summed E-state index contributed by atoms with van der Waals surface area (Å²) in [6.45, 7) is 0.957. The normalized spacial score (nSPS) is 18.3. The number of rotatable bonds is 4. The van der Waals surface area contributed by atoms with E-state index in [-0.39, 0.29) is 25.5 Å². The topological polar surface area (TPSA) is 65.9 Å². The minimum atomic E-state index is -4.48. The molecule has 23 heavy (non-hydrogen) atoms. The van der Waals surface area contributed by atoms with Crippen molar-refractivity contribution in [2.45, 2.75) is 18.7 Å². The largest absolute Gasteiger partial charge is 0.417 e. The van der Waals surface area contributed by atoms with E-state index >= 15 is 0 Å². The monoisotopic (exact) mass is 333 g/mol. The van der Waals surface area contributed by atoms with Gasteiger partial charge in [-0.15, -0.1) is 0 Å². The molecule has 2 heterocycles. The van der Waals surface area contributed by atoms with Crippen molar-refractivity contribution < 1.29 is 27.8 Å². The van der Waals surface area contributed by atoms with Crippen LogP contribution >= 0.6 is 0 Å². The average molecular weight is 333 g/mol. The highest BCUT2D eigenvalue weighted by Gasteiger charge is 2.32. The number of carbonyl (C=O) groups is 1. The third-order valence-corrected chi connectivity index (χ3v) is 3.54. The number of β-amino-alcohol motifs (C(OH)–C–C–N with tert-alkyl or cyclic N) is 1. The first-order valence-corrected chi connectivity index (χ1v) is 7.09. The Labute approximate surface area is 131 Å². The van der Waals surface area contributed by atoms with Crippen LogP contribution in [0.1, 0.15) is 12.0 Å². The molecule has 0 aliphatic carbocycles. The number of halogens is 3. The predicted octanol–water partition coefficient (Wildman–Crippen LogP) is 1.74. The summed E-state index contributed by atoms with van der Waals surface area (Å²) < 4.78 is 42.7. The Balaban J connectivity index is 2.19. The molecule has 2 amide bonds. The second-order valence-electron chi connectivity index (χ2n) is 5.22. The van der Waals surface area contributed by atoms with Crippen molar-refractivity contribution >= 4 is 11.8 Å². The molecule has 0 radical (unpaired) electrons. The SMILES string of the molecule is COCCN(C(=O)N1CCC(O)C1)c1ccc(C(F)(F)F)cn1. The lowest BCUT2D eigenvalue weighted by Crippen LogP contribution is -2.44. The molecule has 1 aromatic rings. The number of hydrogen-bond acceptors (Lipinski definition) is 4. The Hall–Kier alpha value is -1.87. The molecular formula is C14H18F3N3O3. The number of carbonyl (C=O) groups excluding carboxylic acids is 1. The van der Waals surface area contributed by atoms with Crippen LogP contribution in [0.4, 0.5) is 23.8 Å². The van der Waals surface area contributed by atoms with E-state index in [4.69, 9.17) is 4.74 Å². The molecule has 1 aliphatic heterocycles. The number of ether oxygens (including phenoxy) is 1. The number of methoxy groups -OCH3 is 1. The van der Waals surface area contributed by atoms with Crippen LogP contribution in [-0.2, 0) is 10.9 Å². The van der Waals surface area contributed by atoms with Crippen molar-refractivity contribution in [2.75, 3.05) is 38.3 Å². The standard InChI is InChI=1S/C14H18F3N3O3/c1-23-7-6-20(13(22)19-5-4-11(21)9-19)12-3-2-10(8-18-12)14(15,16)17/h2-3,8,11,21H,4-7,9H2,1H3. The Morgan fingerprint density at radius 2 is 2.26 bits per heavy atom. The number of alkyl halides is 3. The molecule has 0 aromatic carbocycles. The van der Waals surface area contributed by atoms with Crippen LogP contribution in [0.15, 0.2) is 18.3 Å². The van der Waals surface area contributed by atoms with Crippen LogP contribution in [0, 0.1) is 0 Å². The molecule has 1 aliphatic rings. The zero-order valence-corrected chi connectivity index (χ0v) is 12.6. The first-order valence-electron chi connectivity index (χ1n) is 7.09. The van der Waals surface area contributed by atoms with Crippen molar-refractivity contribution in [3.8, 4) is 0 Å². The number of aromatic nitrogens is 1. The number of amides is 2. The highest BCUT2D eigenvalue weighted by molar-refractivity contribution is 5.91. The van der Waals surface area contributed by atoms with Crippen LogP contribution in [0.3, 0.4) is 0 Å². The number of nitrogens with zero attached hydrogens (tertiary/aromatic N) is 3. The molecule has 1 fully saturated rings. The lowest BCUT2D eigenvalue weighted by atomic mass is 10.2. The van der Waals surface area contributed by atoms with E-state index in [0.717, 1.165) is 12.1 Å². The lowest BCUT2D eigenvalue weighted by Gasteiger charge is -2.27. The summed E-state index contributed by atoms with van der Waals surface area (Å²) in [5.74, 6) is 0.112. The molecule has 1 saturated heterocycles. The second-order valence-corrected chi connectivity index (χ2v) is 5.22. The summed E-state index contributed by atoms with van der Waals surface area (Å²) in [6, 6.07) is 1.63. The Bertz CT molecular complexity index is 536. The minimum Gasteiger partial charge on any atom is -0.391 e. The highest BCUT2D eigenvalue weighted by atomic mass is 19.4. The Morgan fingerprint density at radius 1 is 1.52 bits per heavy atom. The van der Waals surface area contributed by atoms with Gasteiger partial charge in [-0.1, -0.05) is 0 Å². The molecule has 6 nitrogen and oxygen atoms in total. The number of aliphatic hydroxyl groups is 1. The zero-order valence-electron chi connectivity index (χ0n) is 12.6. The first kappa shape index (κ1) is 17.5. The maximum atomic E-state index is 12.6. The maximum absolute atomic E-state index is 12.6. The first-order chi connectivity index (χ1) is 10.8. The highest BCUT2D eigenvalue weighted by Crippen LogP contribution is 2.29. The van der Waals surface area contributed by atoms with Gasteiger partial charge < -0.3 is 14.7 Å². The lowest BCUT2D eigenvalue weighted by molar-refractivity contribution is -0.137. The third kappa shape index (κ3) is 4.32. The molecule has 128 valence electrons. The summed E-state index contributed by atoms with van der Waals surface area (Å²) in [4.78, 5) is 18.9. The molecule has 0 bridgehead atoms. The number of urea groups is 1. The van der Waals surface area contributed by atoms with Crippen LogP contribution in [0.25, 0.3) is 0 Å². The molecule has 2 rings (SSSR count). The van der Waals surface area contributed by atoms with Crippen molar-refractivity contribution in [1.29, 1.82) is 0 Å². The van der Waals surface area contributed by atoms with Crippen LogP contribution in [-0.4, -0.2) is 60.5 Å². The van der Waals surface area contributed by atoms with E-state index in [1.165, 1.54) is 16.9 Å². The summed E-state index contributed by atoms with van der Waals surface area (Å²) in [5.41, 5.74) is -0.878. The van der Waals surface area contributed by atoms with E-state index in [1.807, 2.05) is 0 Å². The van der Waals surface area contributed by atoms with Gasteiger partial charge in [0.05, 0.1) is 24.8 Å². The smallest absolute Gasteiger partial charge is 0.391 e. The fraction of sp³-hybridized carbons (Fsp3) is 0.571. The summed E-state index contributed by atoms with van der Waals surface area (Å²) in [5, 5.41) is 9.53. The molecule has 1 unspecified atom stereocenters. The van der Waals surface area contributed by atoms with Gasteiger partial charge in [0.15, 0.2) is 0 Å². The van der Waals surface area contributed by atoms with Gasteiger partial charge in [0.25, 0.3) is 0 Å². The molecule has 0 saturated carbocycles. The molecule has 1 aromatic heterocycles. The van der Waals surface area contributed by atoms with Crippen LogP contribution in [0.5, 0.6) is 0 Å². The summed E-state index contributed by atoms with van der Waals surface area (Å²) in [6.07, 6.45) is -3.89. The number of anilines is 1. The van der Waals surface area contributed by atoms with E-state index < -0.39 is 23.9 Å². The van der Waals surface area contributed by atoms with Gasteiger partial charge >= 0.3 is 12.2 Å². The van der Waals surface area contributed by atoms with Crippen LogP contribution < -0.4 is 4.90 Å². The Morgan fingerprint density at radius 3 is 2.74 bits per heavy atom. The van der Waals surface area contributed by atoms with Gasteiger partial charge in [0.2, 0.25) is 0 Å². The van der Waals surface area contributed by atoms with E-state index in [1.54, 1.807) is 0 Å². The van der Waals surface area contributed by atoms with Crippen LogP contribution in [0.2, 0.25) is 0 Å². The van der Waals surface area contributed by atoms with E-state index in [0.29, 0.717) is 19.2 Å². The van der Waals surface area contributed by atoms with Gasteiger partial charge in [-0.3, -0.25) is 4.90 Å². The third-order valence-electron chi connectivity index (χ3n) is 3.54. The van der Waals surface area contributed by atoms with E-state index in [2.05, 4.69) is 4.98 Å². The maximum Gasteiger partial charge on any atom is 0.417 e. The van der Waals surface area contributed by atoms with Gasteiger partial charge in [-0.25, -0.2) is 9.78 Å². The minimum absolute atomic E-state index is 0.112. The summed E-state index contributed by atoms with van der Waals surface area (Å²) in [7, 11) is 1.46. The molecule has 0 spiro atoms. The number of likely N-dealkylation sites (tertiary alicyclic amines) is 1. The van der Waals surface area contributed by atoms with Crippen molar-refractivity contribution in [3.63, 3.8) is 0 Å². The quantitative estimate of drug-likeness (QED) is 0.911. The summed E-state index contributed by atoms with van der Waals surface area (Å²) >= 11 is 0. The van der Waals surface area contributed by atoms with E-state index in [9.17, 15) is 23.1 Å². The van der Waals surface area contributed by atoms with Crippen molar-refractivity contribution in [2.24, 2.45) is 0 Å². The Kier molecular flexibility index (Phi) is 5.42. The van der Waals surface area contributed by atoms with Gasteiger partial charge in [0, 0.05) is 26.4 Å². The molecule has 1 atom stereocenters. The fourth-order valence-electron chi connectivity index (χ4n) is 2.29. The average Bonchev–Trinajstić information content (AvgIpc) is 2.93. The van der Waals surface area contributed by atoms with Gasteiger partial charge in [-0.05, 0) is 18.6 Å². The number of pyridine rings is 1. The van der Waals surface area contributed by atoms with Crippen molar-refractivity contribution in [3.05, 3.63) is 23.9 Å². The molecular weight excluding hydrogens is 315 g/mol. The number of aliphatic hydroxyl groups excluding tert-OH is 1. The fourth-order valence-corrected chi connectivity index (χ4v) is 2.29.